The standard InChI is InChI=1S/C11H18N2O/c1-2-10(14)5-3-8-7-9(12)4-6-11(8)13/h4,6-7,10,14H,2-3,5,12-13H2,1H3. The van der Waals surface area contributed by atoms with Crippen LogP contribution in [0.4, 0.5) is 11.4 Å². The van der Waals surface area contributed by atoms with Gasteiger partial charge in [-0.1, -0.05) is 6.92 Å². The number of rotatable bonds is 4. The zero-order chi connectivity index (χ0) is 10.6. The number of nitrogen functional groups attached to an aromatic ring is 2. The lowest BCUT2D eigenvalue weighted by atomic mass is 10.0. The molecule has 5 N–H and O–H groups in total. The molecule has 1 rings (SSSR count). The van der Waals surface area contributed by atoms with Gasteiger partial charge in [-0.2, -0.15) is 0 Å². The van der Waals surface area contributed by atoms with E-state index in [1.54, 1.807) is 6.07 Å². The average Bonchev–Trinajstić information content (AvgIpc) is 2.19. The molecule has 0 fully saturated rings. The number of hydrogen-bond acceptors (Lipinski definition) is 3. The quantitative estimate of drug-likeness (QED) is 0.637. The highest BCUT2D eigenvalue weighted by molar-refractivity contribution is 5.55. The first-order chi connectivity index (χ1) is 6.63. The van der Waals surface area contributed by atoms with E-state index in [2.05, 4.69) is 0 Å². The summed E-state index contributed by atoms with van der Waals surface area (Å²) < 4.78 is 0. The molecule has 0 heterocycles. The minimum Gasteiger partial charge on any atom is -0.399 e. The van der Waals surface area contributed by atoms with Crippen LogP contribution in [0.25, 0.3) is 0 Å². The number of aliphatic hydroxyl groups is 1. The molecular weight excluding hydrogens is 176 g/mol. The fourth-order valence-corrected chi connectivity index (χ4v) is 1.37. The second-order valence-corrected chi connectivity index (χ2v) is 3.56. The van der Waals surface area contributed by atoms with Gasteiger partial charge < -0.3 is 16.6 Å². The second-order valence-electron chi connectivity index (χ2n) is 3.56. The molecule has 0 spiro atoms. The van der Waals surface area contributed by atoms with Gasteiger partial charge in [-0.05, 0) is 43.0 Å². The minimum atomic E-state index is -0.240. The van der Waals surface area contributed by atoms with Crippen LogP contribution in [-0.2, 0) is 6.42 Å². The normalized spacial score (nSPS) is 12.7. The average molecular weight is 194 g/mol. The second kappa shape index (κ2) is 4.86. The van der Waals surface area contributed by atoms with Crippen LogP contribution in [0.1, 0.15) is 25.3 Å². The zero-order valence-electron chi connectivity index (χ0n) is 8.53. The summed E-state index contributed by atoms with van der Waals surface area (Å²) in [6.07, 6.45) is 2.06. The highest BCUT2D eigenvalue weighted by Gasteiger charge is 2.04. The third-order valence-electron chi connectivity index (χ3n) is 2.39. The van der Waals surface area contributed by atoms with Gasteiger partial charge in [0, 0.05) is 11.4 Å². The van der Waals surface area contributed by atoms with E-state index in [4.69, 9.17) is 11.5 Å². The SMILES string of the molecule is CCC(O)CCc1cc(N)ccc1N. The van der Waals surface area contributed by atoms with Crippen LogP contribution >= 0.6 is 0 Å². The van der Waals surface area contributed by atoms with Crippen LogP contribution in [0.5, 0.6) is 0 Å². The van der Waals surface area contributed by atoms with Gasteiger partial charge in [-0.25, -0.2) is 0 Å². The van der Waals surface area contributed by atoms with Crippen LogP contribution in [-0.4, -0.2) is 11.2 Å². The third kappa shape index (κ3) is 2.92. The zero-order valence-corrected chi connectivity index (χ0v) is 8.53. The summed E-state index contributed by atoms with van der Waals surface area (Å²) in [5, 5.41) is 9.41. The maximum Gasteiger partial charge on any atom is 0.0540 e. The molecule has 1 unspecified atom stereocenters. The summed E-state index contributed by atoms with van der Waals surface area (Å²) >= 11 is 0. The molecule has 0 aliphatic heterocycles. The molecule has 0 bridgehead atoms. The molecule has 0 saturated carbocycles. The molecule has 78 valence electrons. The Labute approximate surface area is 84.7 Å². The van der Waals surface area contributed by atoms with E-state index in [1.165, 1.54) is 0 Å². The van der Waals surface area contributed by atoms with Gasteiger partial charge in [-0.3, -0.25) is 0 Å². The summed E-state index contributed by atoms with van der Waals surface area (Å²) in [7, 11) is 0. The van der Waals surface area contributed by atoms with E-state index < -0.39 is 0 Å². The lowest BCUT2D eigenvalue weighted by molar-refractivity contribution is 0.161. The first kappa shape index (κ1) is 10.9. The lowest BCUT2D eigenvalue weighted by Gasteiger charge is -2.09. The molecule has 0 radical (unpaired) electrons. The maximum atomic E-state index is 9.41. The van der Waals surface area contributed by atoms with Crippen LogP contribution < -0.4 is 11.5 Å². The molecule has 1 atom stereocenters. The summed E-state index contributed by atoms with van der Waals surface area (Å²) in [5.41, 5.74) is 13.9. The molecule has 0 saturated heterocycles. The van der Waals surface area contributed by atoms with Crippen molar-refractivity contribution in [3.05, 3.63) is 23.8 Å². The summed E-state index contributed by atoms with van der Waals surface area (Å²) in [4.78, 5) is 0. The van der Waals surface area contributed by atoms with Crippen LogP contribution in [0.15, 0.2) is 18.2 Å². The molecule has 3 nitrogen and oxygen atoms in total. The van der Waals surface area contributed by atoms with Gasteiger partial charge in [0.1, 0.15) is 0 Å². The topological polar surface area (TPSA) is 72.3 Å². The number of aliphatic hydroxyl groups excluding tert-OH is 1. The van der Waals surface area contributed by atoms with Crippen molar-refractivity contribution in [3.63, 3.8) is 0 Å². The molecule has 3 heteroatoms. The summed E-state index contributed by atoms with van der Waals surface area (Å²) in [6.45, 7) is 1.97. The van der Waals surface area contributed by atoms with Gasteiger partial charge in [0.2, 0.25) is 0 Å². The Bertz CT molecular complexity index is 299. The first-order valence-corrected chi connectivity index (χ1v) is 4.95. The van der Waals surface area contributed by atoms with E-state index >= 15 is 0 Å². The van der Waals surface area contributed by atoms with E-state index in [1.807, 2.05) is 19.1 Å². The number of benzene rings is 1. The maximum absolute atomic E-state index is 9.41. The Kier molecular flexibility index (Phi) is 3.77. The highest BCUT2D eigenvalue weighted by Crippen LogP contribution is 2.18. The van der Waals surface area contributed by atoms with Crippen molar-refractivity contribution < 1.29 is 5.11 Å². The van der Waals surface area contributed by atoms with Gasteiger partial charge in [-0.15, -0.1) is 0 Å². The Hall–Kier alpha value is -1.22. The fraction of sp³-hybridized carbons (Fsp3) is 0.455. The number of hydrogen-bond donors (Lipinski definition) is 3. The van der Waals surface area contributed by atoms with Gasteiger partial charge in [0.15, 0.2) is 0 Å². The Morgan fingerprint density at radius 1 is 1.36 bits per heavy atom. The summed E-state index contributed by atoms with van der Waals surface area (Å²) in [5.74, 6) is 0. The Balaban J connectivity index is 2.62. The van der Waals surface area contributed by atoms with E-state index in [9.17, 15) is 5.11 Å². The smallest absolute Gasteiger partial charge is 0.0540 e. The monoisotopic (exact) mass is 194 g/mol. The van der Waals surface area contributed by atoms with E-state index in [0.717, 1.165) is 36.2 Å². The largest absolute Gasteiger partial charge is 0.399 e. The molecule has 1 aromatic rings. The van der Waals surface area contributed by atoms with Crippen molar-refractivity contribution in [2.75, 3.05) is 11.5 Å². The predicted molar refractivity (Wildman–Crippen MR) is 59.9 cm³/mol. The Morgan fingerprint density at radius 3 is 2.71 bits per heavy atom. The van der Waals surface area contributed by atoms with Gasteiger partial charge in [0.25, 0.3) is 0 Å². The molecule has 0 aliphatic carbocycles. The van der Waals surface area contributed by atoms with Crippen molar-refractivity contribution in [2.24, 2.45) is 0 Å². The number of anilines is 2. The molecule has 0 amide bonds. The Morgan fingerprint density at radius 2 is 2.07 bits per heavy atom. The van der Waals surface area contributed by atoms with Crippen LogP contribution in [0.3, 0.4) is 0 Å². The molecule has 0 aliphatic rings. The van der Waals surface area contributed by atoms with E-state index in [0.29, 0.717) is 0 Å². The van der Waals surface area contributed by atoms with Crippen LogP contribution in [0, 0.1) is 0 Å². The first-order valence-electron chi connectivity index (χ1n) is 4.95. The third-order valence-corrected chi connectivity index (χ3v) is 2.39. The molecule has 1 aromatic carbocycles. The van der Waals surface area contributed by atoms with Crippen molar-refractivity contribution in [1.82, 2.24) is 0 Å². The fourth-order valence-electron chi connectivity index (χ4n) is 1.37. The van der Waals surface area contributed by atoms with Crippen LogP contribution in [0.2, 0.25) is 0 Å². The van der Waals surface area contributed by atoms with Crippen molar-refractivity contribution in [1.29, 1.82) is 0 Å². The van der Waals surface area contributed by atoms with Crippen molar-refractivity contribution >= 4 is 11.4 Å². The molecule has 0 aromatic heterocycles. The molecular formula is C11H18N2O. The van der Waals surface area contributed by atoms with Gasteiger partial charge >= 0.3 is 0 Å². The number of nitrogens with two attached hydrogens (primary N) is 2. The predicted octanol–water partition coefficient (Wildman–Crippen LogP) is 1.55. The lowest BCUT2D eigenvalue weighted by Crippen LogP contribution is -2.07. The van der Waals surface area contributed by atoms with Crippen molar-refractivity contribution in [3.8, 4) is 0 Å². The molecule has 14 heavy (non-hydrogen) atoms. The van der Waals surface area contributed by atoms with Crippen molar-refractivity contribution in [2.45, 2.75) is 32.3 Å². The number of aryl methyl sites for hydroxylation is 1. The van der Waals surface area contributed by atoms with E-state index in [-0.39, 0.29) is 6.10 Å². The highest BCUT2D eigenvalue weighted by atomic mass is 16.3. The summed E-state index contributed by atoms with van der Waals surface area (Å²) in [6, 6.07) is 5.47. The van der Waals surface area contributed by atoms with Gasteiger partial charge in [0.05, 0.1) is 6.10 Å². The minimum absolute atomic E-state index is 0.240.